The molecule has 0 rings (SSSR count). The van der Waals surface area contributed by atoms with E-state index in [9.17, 15) is 19.2 Å². The van der Waals surface area contributed by atoms with Crippen molar-refractivity contribution in [1.82, 2.24) is 0 Å². The zero-order valence-electron chi connectivity index (χ0n) is 11.6. The molecule has 0 fully saturated rings. The molecular weight excluding hydrogens is 283 g/mol. The first kappa shape index (κ1) is 24.4. The number of nitrogens with two attached hydrogens (primary N) is 2. The van der Waals surface area contributed by atoms with Crippen molar-refractivity contribution in [3.63, 3.8) is 0 Å². The molecule has 21 heavy (non-hydrogen) atoms. The van der Waals surface area contributed by atoms with Crippen molar-refractivity contribution in [2.24, 2.45) is 11.5 Å². The van der Waals surface area contributed by atoms with Crippen LogP contribution < -0.4 is 11.5 Å². The maximum Gasteiger partial charge on any atom is 0.320 e. The predicted octanol–water partition coefficient (Wildman–Crippen LogP) is -1.85. The Morgan fingerprint density at radius 3 is 1.10 bits per heavy atom. The van der Waals surface area contributed by atoms with Gasteiger partial charge in [-0.05, 0) is 12.8 Å². The summed E-state index contributed by atoms with van der Waals surface area (Å²) in [5, 5.41) is 32.5. The summed E-state index contributed by atoms with van der Waals surface area (Å²) in [4.78, 5) is 39.7. The number of aliphatic carboxylic acids is 4. The smallest absolute Gasteiger partial charge is 0.320 e. The minimum Gasteiger partial charge on any atom is -0.481 e. The van der Waals surface area contributed by atoms with E-state index in [4.69, 9.17) is 31.9 Å². The molecular formula is C10H18LiN2O8. The molecule has 0 saturated heterocycles. The van der Waals surface area contributed by atoms with Crippen LogP contribution in [0.4, 0.5) is 0 Å². The first-order chi connectivity index (χ1) is 9.07. The normalized spacial score (nSPS) is 11.9. The van der Waals surface area contributed by atoms with Gasteiger partial charge in [0.2, 0.25) is 0 Å². The number of hydrogen-bond donors (Lipinski definition) is 6. The van der Waals surface area contributed by atoms with Crippen LogP contribution in [-0.2, 0) is 19.2 Å². The Labute approximate surface area is 132 Å². The topological polar surface area (TPSA) is 201 Å². The van der Waals surface area contributed by atoms with Crippen LogP contribution in [-0.4, -0.2) is 75.2 Å². The molecule has 0 aromatic carbocycles. The maximum atomic E-state index is 9.99. The van der Waals surface area contributed by atoms with Crippen LogP contribution in [0.1, 0.15) is 25.7 Å². The second kappa shape index (κ2) is 13.4. The average molecular weight is 301 g/mol. The predicted molar refractivity (Wildman–Crippen MR) is 70.7 cm³/mol. The Morgan fingerprint density at radius 2 is 0.952 bits per heavy atom. The molecule has 2 atom stereocenters. The van der Waals surface area contributed by atoms with Crippen molar-refractivity contribution in [2.75, 3.05) is 0 Å². The van der Waals surface area contributed by atoms with Gasteiger partial charge in [-0.2, -0.15) is 0 Å². The molecule has 117 valence electrons. The van der Waals surface area contributed by atoms with Crippen molar-refractivity contribution < 1.29 is 39.6 Å². The summed E-state index contributed by atoms with van der Waals surface area (Å²) >= 11 is 0. The largest absolute Gasteiger partial charge is 0.481 e. The molecule has 0 amide bonds. The summed E-state index contributed by atoms with van der Waals surface area (Å²) in [5.74, 6) is -4.39. The van der Waals surface area contributed by atoms with Crippen LogP contribution in [0, 0.1) is 0 Å². The van der Waals surface area contributed by atoms with Gasteiger partial charge >= 0.3 is 23.9 Å². The van der Waals surface area contributed by atoms with Crippen LogP contribution in [0.25, 0.3) is 0 Å². The number of carboxylic acids is 4. The maximum absolute atomic E-state index is 9.99. The zero-order valence-corrected chi connectivity index (χ0v) is 11.6. The molecule has 0 heterocycles. The second-order valence-electron chi connectivity index (χ2n) is 3.75. The fraction of sp³-hybridized carbons (Fsp3) is 0.600. The van der Waals surface area contributed by atoms with E-state index < -0.39 is 36.0 Å². The fourth-order valence-corrected chi connectivity index (χ4v) is 0.805. The van der Waals surface area contributed by atoms with Gasteiger partial charge < -0.3 is 31.9 Å². The molecule has 11 heteroatoms. The minimum atomic E-state index is -1.17. The third kappa shape index (κ3) is 18.4. The van der Waals surface area contributed by atoms with E-state index in [1.165, 1.54) is 0 Å². The van der Waals surface area contributed by atoms with Crippen LogP contribution in [0.15, 0.2) is 0 Å². The standard InChI is InChI=1S/2C5H9NO4.Li/c2*6-3(5(9)10)1-2-4(7)8;/h2*3H,1-2,6H2,(H,7,8)(H,9,10);/t2*3-;/m00./s1. The van der Waals surface area contributed by atoms with E-state index in [0.717, 1.165) is 0 Å². The van der Waals surface area contributed by atoms with Gasteiger partial charge in [-0.15, -0.1) is 0 Å². The molecule has 0 aliphatic rings. The number of hydrogen-bond acceptors (Lipinski definition) is 6. The van der Waals surface area contributed by atoms with E-state index in [1.54, 1.807) is 0 Å². The molecule has 0 saturated carbocycles. The van der Waals surface area contributed by atoms with Gasteiger partial charge in [0, 0.05) is 31.7 Å². The van der Waals surface area contributed by atoms with Crippen LogP contribution >= 0.6 is 0 Å². The molecule has 0 bridgehead atoms. The summed E-state index contributed by atoms with van der Waals surface area (Å²) in [7, 11) is 0. The molecule has 10 nitrogen and oxygen atoms in total. The van der Waals surface area contributed by atoms with Gasteiger partial charge in [0.05, 0.1) is 0 Å². The number of rotatable bonds is 8. The minimum absolute atomic E-state index is 0. The SMILES string of the molecule is N[C@@H](CCC(=O)O)C(=O)O.N[C@@H](CCC(=O)O)C(=O)O.[Li]. The molecule has 1 radical (unpaired) electrons. The van der Waals surface area contributed by atoms with Gasteiger partial charge in [0.15, 0.2) is 0 Å². The summed E-state index contributed by atoms with van der Waals surface area (Å²) in [6.45, 7) is 0. The van der Waals surface area contributed by atoms with Crippen LogP contribution in [0.3, 0.4) is 0 Å². The van der Waals surface area contributed by atoms with Crippen molar-refractivity contribution in [3.05, 3.63) is 0 Å². The first-order valence-electron chi connectivity index (χ1n) is 5.48. The van der Waals surface area contributed by atoms with Gasteiger partial charge in [0.25, 0.3) is 0 Å². The van der Waals surface area contributed by atoms with Gasteiger partial charge in [0.1, 0.15) is 12.1 Å². The second-order valence-corrected chi connectivity index (χ2v) is 3.75. The summed E-state index contributed by atoms with van der Waals surface area (Å²) in [6.07, 6.45) is -0.448. The van der Waals surface area contributed by atoms with Crippen molar-refractivity contribution in [2.45, 2.75) is 37.8 Å². The monoisotopic (exact) mass is 301 g/mol. The summed E-state index contributed by atoms with van der Waals surface area (Å²) in [6, 6.07) is -2.12. The zero-order chi connectivity index (χ0) is 16.3. The van der Waals surface area contributed by atoms with E-state index in [2.05, 4.69) is 0 Å². The van der Waals surface area contributed by atoms with E-state index in [1.807, 2.05) is 0 Å². The molecule has 0 spiro atoms. The number of carbonyl (C=O) groups is 4. The molecule has 0 unspecified atom stereocenters. The Balaban J connectivity index is -0.000000295. The Morgan fingerprint density at radius 1 is 0.714 bits per heavy atom. The third-order valence-corrected chi connectivity index (χ3v) is 1.97. The Hall–Kier alpha value is -1.60. The van der Waals surface area contributed by atoms with Gasteiger partial charge in [-0.3, -0.25) is 19.2 Å². The Kier molecular flexibility index (Phi) is 15.6. The molecule has 0 aromatic heterocycles. The van der Waals surface area contributed by atoms with E-state index in [0.29, 0.717) is 0 Å². The van der Waals surface area contributed by atoms with E-state index in [-0.39, 0.29) is 44.5 Å². The summed E-state index contributed by atoms with van der Waals surface area (Å²) in [5.41, 5.74) is 10.0. The van der Waals surface area contributed by atoms with Gasteiger partial charge in [-0.25, -0.2) is 0 Å². The molecule has 8 N–H and O–H groups in total. The molecule has 0 aliphatic heterocycles. The quantitative estimate of drug-likeness (QED) is 0.276. The third-order valence-electron chi connectivity index (χ3n) is 1.97. The van der Waals surface area contributed by atoms with Crippen LogP contribution in [0.2, 0.25) is 0 Å². The van der Waals surface area contributed by atoms with Crippen LogP contribution in [0.5, 0.6) is 0 Å². The fourth-order valence-electron chi connectivity index (χ4n) is 0.805. The summed E-state index contributed by atoms with van der Waals surface area (Å²) < 4.78 is 0. The molecule has 0 aromatic rings. The van der Waals surface area contributed by atoms with Crippen molar-refractivity contribution in [1.29, 1.82) is 0 Å². The van der Waals surface area contributed by atoms with Crippen molar-refractivity contribution in [3.8, 4) is 0 Å². The first-order valence-corrected chi connectivity index (χ1v) is 5.48. The Bertz CT molecular complexity index is 329. The van der Waals surface area contributed by atoms with Gasteiger partial charge in [-0.1, -0.05) is 0 Å². The average Bonchev–Trinajstić information content (AvgIpc) is 2.33. The van der Waals surface area contributed by atoms with E-state index >= 15 is 0 Å². The van der Waals surface area contributed by atoms with Crippen molar-refractivity contribution >= 4 is 42.7 Å². The molecule has 0 aliphatic carbocycles. The number of carboxylic acid groups (broad SMARTS) is 4.